The molecule has 0 radical (unpaired) electrons. The molecule has 1 fully saturated rings. The number of thioether (sulfide) groups is 1. The summed E-state index contributed by atoms with van der Waals surface area (Å²) in [5.74, 6) is 0.449. The Kier molecular flexibility index (Phi) is 4.29. The monoisotopic (exact) mass is 314 g/mol. The second-order valence-corrected chi connectivity index (χ2v) is 6.64. The maximum Gasteiger partial charge on any atom is 0.276 e. The fourth-order valence-corrected chi connectivity index (χ4v) is 2.84. The average Bonchev–Trinajstić information content (AvgIpc) is 3.35. The number of nitrogens with one attached hydrogen (secondary N) is 2. The molecular formula is C16H18N4OS. The zero-order chi connectivity index (χ0) is 15.4. The molecule has 1 aromatic carbocycles. The minimum absolute atomic E-state index is 0.256. The second-order valence-electron chi connectivity index (χ2n) is 5.36. The van der Waals surface area contributed by atoms with Crippen molar-refractivity contribution in [3.05, 3.63) is 48.2 Å². The predicted octanol–water partition coefficient (Wildman–Crippen LogP) is 3.04. The zero-order valence-electron chi connectivity index (χ0n) is 12.4. The summed E-state index contributed by atoms with van der Waals surface area (Å²) in [6.45, 7) is 0.887. The van der Waals surface area contributed by atoms with Crippen LogP contribution in [0.25, 0.3) is 0 Å². The Morgan fingerprint density at radius 2 is 1.95 bits per heavy atom. The predicted molar refractivity (Wildman–Crippen MR) is 90.4 cm³/mol. The summed E-state index contributed by atoms with van der Waals surface area (Å²) in [5, 5.41) is 14.1. The molecule has 3 rings (SSSR count). The number of carbonyl (C=O) groups excluding carboxylic acids is 1. The zero-order valence-corrected chi connectivity index (χ0v) is 13.2. The van der Waals surface area contributed by atoms with Crippen LogP contribution in [-0.2, 0) is 0 Å². The van der Waals surface area contributed by atoms with E-state index >= 15 is 0 Å². The number of rotatable bonds is 6. The second kappa shape index (κ2) is 6.36. The summed E-state index contributed by atoms with van der Waals surface area (Å²) in [4.78, 5) is 12.1. The Morgan fingerprint density at radius 3 is 2.55 bits per heavy atom. The number of hydrogen-bond donors (Lipinski definition) is 2. The van der Waals surface area contributed by atoms with Gasteiger partial charge in [-0.15, -0.1) is 10.2 Å². The van der Waals surface area contributed by atoms with Crippen LogP contribution in [0.15, 0.2) is 42.5 Å². The van der Waals surface area contributed by atoms with Gasteiger partial charge in [0.2, 0.25) is 0 Å². The molecule has 6 heteroatoms. The smallest absolute Gasteiger partial charge is 0.276 e. The summed E-state index contributed by atoms with van der Waals surface area (Å²) >= 11 is 1.89. The summed E-state index contributed by atoms with van der Waals surface area (Å²) in [7, 11) is 0. The highest BCUT2D eigenvalue weighted by Gasteiger charge is 2.41. The Bertz CT molecular complexity index is 641. The van der Waals surface area contributed by atoms with Gasteiger partial charge < -0.3 is 10.6 Å². The van der Waals surface area contributed by atoms with Gasteiger partial charge in [0, 0.05) is 17.0 Å². The lowest BCUT2D eigenvalue weighted by molar-refractivity contribution is 0.102. The fourth-order valence-electron chi connectivity index (χ4n) is 2.11. The lowest BCUT2D eigenvalue weighted by Gasteiger charge is -2.13. The Morgan fingerprint density at radius 1 is 1.18 bits per heavy atom. The van der Waals surface area contributed by atoms with Crippen LogP contribution in [-0.4, -0.2) is 33.7 Å². The van der Waals surface area contributed by atoms with Gasteiger partial charge in [0.1, 0.15) is 5.82 Å². The topological polar surface area (TPSA) is 66.9 Å². The van der Waals surface area contributed by atoms with Gasteiger partial charge in [-0.3, -0.25) is 4.79 Å². The highest BCUT2D eigenvalue weighted by Crippen LogP contribution is 2.46. The summed E-state index contributed by atoms with van der Waals surface area (Å²) in [6, 6.07) is 12.8. The molecule has 2 aromatic rings. The molecule has 1 saturated carbocycles. The van der Waals surface area contributed by atoms with Crippen molar-refractivity contribution >= 4 is 29.2 Å². The number of amides is 1. The third kappa shape index (κ3) is 3.57. The number of hydrogen-bond acceptors (Lipinski definition) is 5. The van der Waals surface area contributed by atoms with Crippen LogP contribution >= 0.6 is 11.8 Å². The third-order valence-corrected chi connectivity index (χ3v) is 5.18. The normalized spacial score (nSPS) is 15.1. The van der Waals surface area contributed by atoms with E-state index in [0.29, 0.717) is 16.3 Å². The molecule has 1 heterocycles. The van der Waals surface area contributed by atoms with Crippen LogP contribution in [0.1, 0.15) is 23.3 Å². The van der Waals surface area contributed by atoms with Crippen LogP contribution in [0.4, 0.5) is 11.5 Å². The van der Waals surface area contributed by atoms with Crippen LogP contribution in [0.2, 0.25) is 0 Å². The van der Waals surface area contributed by atoms with E-state index in [1.165, 1.54) is 12.8 Å². The Labute approximate surface area is 133 Å². The summed E-state index contributed by atoms with van der Waals surface area (Å²) in [6.07, 6.45) is 4.62. The number of anilines is 2. The molecule has 0 spiro atoms. The Balaban J connectivity index is 1.58. The fraction of sp³-hybridized carbons (Fsp3) is 0.312. The van der Waals surface area contributed by atoms with Gasteiger partial charge in [0.25, 0.3) is 5.91 Å². The Hall–Kier alpha value is -2.08. The molecular weight excluding hydrogens is 296 g/mol. The molecule has 0 atom stereocenters. The van der Waals surface area contributed by atoms with Gasteiger partial charge in [0.15, 0.2) is 5.69 Å². The van der Waals surface area contributed by atoms with E-state index in [2.05, 4.69) is 27.1 Å². The van der Waals surface area contributed by atoms with E-state index in [0.717, 1.165) is 12.2 Å². The van der Waals surface area contributed by atoms with Crippen molar-refractivity contribution in [3.8, 4) is 0 Å². The minimum atomic E-state index is -0.256. The van der Waals surface area contributed by atoms with Crippen molar-refractivity contribution < 1.29 is 4.79 Å². The first kappa shape index (κ1) is 14.8. The number of para-hydroxylation sites is 1. The lowest BCUT2D eigenvalue weighted by Crippen LogP contribution is -2.19. The number of carbonyl (C=O) groups is 1. The van der Waals surface area contributed by atoms with E-state index in [-0.39, 0.29) is 5.91 Å². The molecule has 0 unspecified atom stereocenters. The standard InChI is InChI=1S/C16H18N4OS/c1-22-16(9-10-16)11-17-14-8-7-13(19-20-14)15(21)18-12-5-3-2-4-6-12/h2-8H,9-11H2,1H3,(H,17,20)(H,18,21). The minimum Gasteiger partial charge on any atom is -0.367 e. The lowest BCUT2D eigenvalue weighted by atomic mass is 10.3. The molecule has 1 amide bonds. The number of nitrogens with zero attached hydrogens (tertiary/aromatic N) is 2. The van der Waals surface area contributed by atoms with Crippen molar-refractivity contribution in [2.75, 3.05) is 23.4 Å². The molecule has 2 N–H and O–H groups in total. The summed E-state index contributed by atoms with van der Waals surface area (Å²) in [5.41, 5.74) is 1.05. The first-order valence-electron chi connectivity index (χ1n) is 7.20. The molecule has 0 aliphatic heterocycles. The third-order valence-electron chi connectivity index (χ3n) is 3.76. The SMILES string of the molecule is CSC1(CNc2ccc(C(=O)Nc3ccccc3)nn2)CC1. The molecule has 114 valence electrons. The number of benzene rings is 1. The maximum atomic E-state index is 12.1. The summed E-state index contributed by atoms with van der Waals surface area (Å²) < 4.78 is 0.366. The quantitative estimate of drug-likeness (QED) is 0.858. The largest absolute Gasteiger partial charge is 0.367 e. The van der Waals surface area contributed by atoms with Gasteiger partial charge in [-0.2, -0.15) is 11.8 Å². The molecule has 5 nitrogen and oxygen atoms in total. The van der Waals surface area contributed by atoms with E-state index in [1.807, 2.05) is 42.1 Å². The van der Waals surface area contributed by atoms with E-state index < -0.39 is 0 Å². The first-order chi connectivity index (χ1) is 10.7. The molecule has 22 heavy (non-hydrogen) atoms. The van der Waals surface area contributed by atoms with Crippen molar-refractivity contribution in [3.63, 3.8) is 0 Å². The molecule has 1 aromatic heterocycles. The highest BCUT2D eigenvalue weighted by atomic mass is 32.2. The molecule has 0 bridgehead atoms. The molecule has 1 aliphatic carbocycles. The van der Waals surface area contributed by atoms with Gasteiger partial charge in [-0.05, 0) is 43.4 Å². The number of aromatic nitrogens is 2. The van der Waals surface area contributed by atoms with Crippen LogP contribution in [0.3, 0.4) is 0 Å². The van der Waals surface area contributed by atoms with E-state index in [4.69, 9.17) is 0 Å². The van der Waals surface area contributed by atoms with Crippen molar-refractivity contribution in [1.82, 2.24) is 10.2 Å². The highest BCUT2D eigenvalue weighted by molar-refractivity contribution is 8.00. The molecule has 1 aliphatic rings. The van der Waals surface area contributed by atoms with Crippen molar-refractivity contribution in [1.29, 1.82) is 0 Å². The van der Waals surface area contributed by atoms with Crippen LogP contribution in [0, 0.1) is 0 Å². The average molecular weight is 314 g/mol. The van der Waals surface area contributed by atoms with Gasteiger partial charge in [0.05, 0.1) is 0 Å². The van der Waals surface area contributed by atoms with Gasteiger partial charge in [-0.1, -0.05) is 18.2 Å². The maximum absolute atomic E-state index is 12.1. The van der Waals surface area contributed by atoms with E-state index in [9.17, 15) is 4.79 Å². The van der Waals surface area contributed by atoms with Crippen molar-refractivity contribution in [2.45, 2.75) is 17.6 Å². The van der Waals surface area contributed by atoms with Crippen molar-refractivity contribution in [2.24, 2.45) is 0 Å². The van der Waals surface area contributed by atoms with Gasteiger partial charge in [-0.25, -0.2) is 0 Å². The first-order valence-corrected chi connectivity index (χ1v) is 8.42. The van der Waals surface area contributed by atoms with Crippen LogP contribution in [0.5, 0.6) is 0 Å². The molecule has 0 saturated heterocycles. The van der Waals surface area contributed by atoms with E-state index in [1.54, 1.807) is 12.1 Å². The van der Waals surface area contributed by atoms with Gasteiger partial charge >= 0.3 is 0 Å². The van der Waals surface area contributed by atoms with Crippen LogP contribution < -0.4 is 10.6 Å².